The smallest absolute Gasteiger partial charge is 0.223 e. The molecule has 0 atom stereocenters. The number of carbonyl (C=O) groups excluding carboxylic acids is 1. The van der Waals surface area contributed by atoms with Crippen LogP contribution in [0.2, 0.25) is 0 Å². The molecule has 1 spiro atoms. The third-order valence-corrected chi connectivity index (χ3v) is 4.35. The summed E-state index contributed by atoms with van der Waals surface area (Å²) < 4.78 is 0. The molecule has 0 aromatic rings. The van der Waals surface area contributed by atoms with Crippen LogP contribution < -0.4 is 5.32 Å². The average molecular weight is 238 g/mol. The molecule has 2 aliphatic rings. The van der Waals surface area contributed by atoms with Crippen molar-refractivity contribution < 1.29 is 4.79 Å². The first-order chi connectivity index (χ1) is 8.26. The fraction of sp³-hybridized carbons (Fsp3) is 0.929. The highest BCUT2D eigenvalue weighted by Gasteiger charge is 2.43. The average Bonchev–Trinajstić information content (AvgIpc) is 2.62. The molecule has 0 aromatic carbocycles. The normalized spacial score (nSPS) is 23.6. The molecule has 17 heavy (non-hydrogen) atoms. The zero-order valence-electron chi connectivity index (χ0n) is 11.1. The first-order valence-electron chi connectivity index (χ1n) is 7.24. The van der Waals surface area contributed by atoms with Gasteiger partial charge in [-0.1, -0.05) is 26.2 Å². The number of nitrogens with one attached hydrogen (secondary N) is 1. The second-order valence-electron chi connectivity index (χ2n) is 5.80. The predicted octanol–water partition coefficient (Wildman–Crippen LogP) is 2.17. The molecular formula is C14H26N2O. The van der Waals surface area contributed by atoms with Gasteiger partial charge in [-0.15, -0.1) is 0 Å². The molecule has 2 rings (SSSR count). The minimum atomic E-state index is 0.326. The van der Waals surface area contributed by atoms with Crippen molar-refractivity contribution >= 4 is 5.91 Å². The number of amides is 1. The van der Waals surface area contributed by atoms with E-state index in [0.29, 0.717) is 11.3 Å². The van der Waals surface area contributed by atoms with Crippen molar-refractivity contribution in [2.75, 3.05) is 26.2 Å². The molecule has 1 N–H and O–H groups in total. The van der Waals surface area contributed by atoms with Crippen LogP contribution in [0.1, 0.15) is 51.9 Å². The standard InChI is InChI=1S/C14H26N2O/c1-2-3-4-5-10-16-12-14(11-13(16)17)6-8-15-9-7-14/h15H,2-12H2,1H3. The van der Waals surface area contributed by atoms with Crippen LogP contribution in [0.4, 0.5) is 0 Å². The molecule has 0 radical (unpaired) electrons. The molecule has 98 valence electrons. The van der Waals surface area contributed by atoms with Crippen molar-refractivity contribution in [2.45, 2.75) is 51.9 Å². The summed E-state index contributed by atoms with van der Waals surface area (Å²) in [6, 6.07) is 0. The minimum Gasteiger partial charge on any atom is -0.342 e. The maximum Gasteiger partial charge on any atom is 0.223 e. The number of likely N-dealkylation sites (tertiary alicyclic amines) is 1. The Morgan fingerprint density at radius 2 is 2.00 bits per heavy atom. The van der Waals surface area contributed by atoms with E-state index >= 15 is 0 Å². The van der Waals surface area contributed by atoms with Crippen LogP contribution in [0.25, 0.3) is 0 Å². The molecule has 2 aliphatic heterocycles. The summed E-state index contributed by atoms with van der Waals surface area (Å²) >= 11 is 0. The van der Waals surface area contributed by atoms with Gasteiger partial charge >= 0.3 is 0 Å². The number of piperidine rings is 1. The van der Waals surface area contributed by atoms with E-state index in [1.165, 1.54) is 38.5 Å². The Balaban J connectivity index is 1.78. The molecule has 3 heteroatoms. The van der Waals surface area contributed by atoms with Gasteiger partial charge in [0.25, 0.3) is 0 Å². The van der Waals surface area contributed by atoms with Crippen molar-refractivity contribution in [2.24, 2.45) is 5.41 Å². The number of nitrogens with zero attached hydrogens (tertiary/aromatic N) is 1. The molecule has 0 unspecified atom stereocenters. The third kappa shape index (κ3) is 3.21. The maximum absolute atomic E-state index is 12.0. The van der Waals surface area contributed by atoms with Crippen molar-refractivity contribution in [3.8, 4) is 0 Å². The van der Waals surface area contributed by atoms with E-state index < -0.39 is 0 Å². The van der Waals surface area contributed by atoms with E-state index in [4.69, 9.17) is 0 Å². The fourth-order valence-electron chi connectivity index (χ4n) is 3.21. The summed E-state index contributed by atoms with van der Waals surface area (Å²) in [5.74, 6) is 0.406. The Hall–Kier alpha value is -0.570. The SMILES string of the molecule is CCCCCCN1CC2(CCNCC2)CC1=O. The van der Waals surface area contributed by atoms with E-state index in [0.717, 1.165) is 32.6 Å². The fourth-order valence-corrected chi connectivity index (χ4v) is 3.21. The van der Waals surface area contributed by atoms with Gasteiger partial charge in [-0.25, -0.2) is 0 Å². The van der Waals surface area contributed by atoms with Gasteiger partial charge in [0.05, 0.1) is 0 Å². The van der Waals surface area contributed by atoms with Crippen LogP contribution >= 0.6 is 0 Å². The van der Waals surface area contributed by atoms with Crippen LogP contribution in [0, 0.1) is 5.41 Å². The van der Waals surface area contributed by atoms with Gasteiger partial charge in [-0.05, 0) is 37.8 Å². The number of carbonyl (C=O) groups is 1. The van der Waals surface area contributed by atoms with Crippen LogP contribution in [-0.4, -0.2) is 37.0 Å². The molecule has 2 fully saturated rings. The van der Waals surface area contributed by atoms with E-state index in [9.17, 15) is 4.79 Å². The molecule has 1 amide bonds. The van der Waals surface area contributed by atoms with Gasteiger partial charge in [0.2, 0.25) is 5.91 Å². The quantitative estimate of drug-likeness (QED) is 0.745. The molecule has 2 heterocycles. The Kier molecular flexibility index (Phi) is 4.43. The molecule has 2 saturated heterocycles. The lowest BCUT2D eigenvalue weighted by atomic mass is 9.78. The first-order valence-corrected chi connectivity index (χ1v) is 7.24. The third-order valence-electron chi connectivity index (χ3n) is 4.35. The van der Waals surface area contributed by atoms with Crippen LogP contribution in [-0.2, 0) is 4.79 Å². The maximum atomic E-state index is 12.0. The summed E-state index contributed by atoms with van der Waals surface area (Å²) in [5.41, 5.74) is 0.326. The molecule has 0 bridgehead atoms. The van der Waals surface area contributed by atoms with Gasteiger partial charge in [0, 0.05) is 19.5 Å². The van der Waals surface area contributed by atoms with Gasteiger partial charge in [0.1, 0.15) is 0 Å². The lowest BCUT2D eigenvalue weighted by Gasteiger charge is -2.33. The number of hydrogen-bond donors (Lipinski definition) is 1. The molecule has 0 saturated carbocycles. The predicted molar refractivity (Wildman–Crippen MR) is 69.9 cm³/mol. The van der Waals surface area contributed by atoms with E-state index in [1.54, 1.807) is 0 Å². The lowest BCUT2D eigenvalue weighted by molar-refractivity contribution is -0.127. The Morgan fingerprint density at radius 1 is 1.24 bits per heavy atom. The van der Waals surface area contributed by atoms with Crippen molar-refractivity contribution in [1.29, 1.82) is 0 Å². The first kappa shape index (κ1) is 12.9. The lowest BCUT2D eigenvalue weighted by Crippen LogP contribution is -2.38. The Labute approximate surface area is 105 Å². The Morgan fingerprint density at radius 3 is 2.71 bits per heavy atom. The molecule has 3 nitrogen and oxygen atoms in total. The van der Waals surface area contributed by atoms with Crippen molar-refractivity contribution in [3.63, 3.8) is 0 Å². The number of unbranched alkanes of at least 4 members (excludes halogenated alkanes) is 3. The minimum absolute atomic E-state index is 0.326. The highest BCUT2D eigenvalue weighted by atomic mass is 16.2. The number of rotatable bonds is 5. The van der Waals surface area contributed by atoms with Gasteiger partial charge < -0.3 is 10.2 Å². The molecule has 0 aliphatic carbocycles. The Bertz CT molecular complexity index is 259. The van der Waals surface area contributed by atoms with E-state index in [1.807, 2.05) is 0 Å². The topological polar surface area (TPSA) is 32.3 Å². The van der Waals surface area contributed by atoms with Gasteiger partial charge in [-0.2, -0.15) is 0 Å². The summed E-state index contributed by atoms with van der Waals surface area (Å²) in [4.78, 5) is 14.1. The molecular weight excluding hydrogens is 212 g/mol. The summed E-state index contributed by atoms with van der Waals surface area (Å²) in [5, 5.41) is 3.40. The summed E-state index contributed by atoms with van der Waals surface area (Å²) in [6.07, 6.45) is 8.21. The van der Waals surface area contributed by atoms with Gasteiger partial charge in [-0.3, -0.25) is 4.79 Å². The highest BCUT2D eigenvalue weighted by molar-refractivity contribution is 5.79. The van der Waals surface area contributed by atoms with E-state index in [2.05, 4.69) is 17.1 Å². The molecule has 0 aromatic heterocycles. The zero-order chi connectivity index (χ0) is 12.1. The largest absolute Gasteiger partial charge is 0.342 e. The monoisotopic (exact) mass is 238 g/mol. The second-order valence-corrected chi connectivity index (χ2v) is 5.80. The van der Waals surface area contributed by atoms with Crippen LogP contribution in [0.15, 0.2) is 0 Å². The van der Waals surface area contributed by atoms with Crippen LogP contribution in [0.5, 0.6) is 0 Å². The summed E-state index contributed by atoms with van der Waals surface area (Å²) in [6.45, 7) is 6.44. The zero-order valence-corrected chi connectivity index (χ0v) is 11.1. The summed E-state index contributed by atoms with van der Waals surface area (Å²) in [7, 11) is 0. The van der Waals surface area contributed by atoms with Crippen molar-refractivity contribution in [1.82, 2.24) is 10.2 Å². The second kappa shape index (κ2) is 5.85. The highest BCUT2D eigenvalue weighted by Crippen LogP contribution is 2.39. The van der Waals surface area contributed by atoms with Gasteiger partial charge in [0.15, 0.2) is 0 Å². The van der Waals surface area contributed by atoms with Crippen LogP contribution in [0.3, 0.4) is 0 Å². The van der Waals surface area contributed by atoms with E-state index in [-0.39, 0.29) is 0 Å². The number of hydrogen-bond acceptors (Lipinski definition) is 2. The van der Waals surface area contributed by atoms with Crippen molar-refractivity contribution in [3.05, 3.63) is 0 Å².